The predicted molar refractivity (Wildman–Crippen MR) is 87.0 cm³/mol. The molecule has 0 saturated carbocycles. The lowest BCUT2D eigenvalue weighted by Gasteiger charge is -2.30. The molecule has 2 unspecified atom stereocenters. The molecule has 2 saturated heterocycles. The van der Waals surface area contributed by atoms with Gasteiger partial charge >= 0.3 is 5.97 Å². The number of halogens is 1. The molecule has 2 aliphatic rings. The summed E-state index contributed by atoms with van der Waals surface area (Å²) in [5, 5.41) is 8.99. The number of aliphatic carboxylic acids is 1. The topological polar surface area (TPSA) is 102 Å². The minimum absolute atomic E-state index is 0.00760. The van der Waals surface area contributed by atoms with E-state index < -0.39 is 27.9 Å². The van der Waals surface area contributed by atoms with Gasteiger partial charge in [0.05, 0.1) is 31.3 Å². The summed E-state index contributed by atoms with van der Waals surface area (Å²) in [7, 11) is -4.02. The molecule has 2 heterocycles. The van der Waals surface area contributed by atoms with E-state index in [0.29, 0.717) is 19.8 Å². The molecule has 1 N–H and O–H groups in total. The number of carboxylic acids is 1. The molecule has 0 aromatic heterocycles. The van der Waals surface area contributed by atoms with E-state index in [-0.39, 0.29) is 36.3 Å². The van der Waals surface area contributed by atoms with Gasteiger partial charge in [0.1, 0.15) is 0 Å². The van der Waals surface area contributed by atoms with E-state index in [1.54, 1.807) is 0 Å². The number of rotatable bonds is 6. The molecule has 144 valence electrons. The van der Waals surface area contributed by atoms with Crippen molar-refractivity contribution in [2.24, 2.45) is 5.92 Å². The lowest BCUT2D eigenvalue weighted by molar-refractivity contribution is -0.153. The minimum Gasteiger partial charge on any atom is -0.490 e. The van der Waals surface area contributed by atoms with Crippen molar-refractivity contribution in [2.75, 3.05) is 39.5 Å². The number of benzene rings is 1. The number of hydrogen-bond acceptors (Lipinski definition) is 6. The molecular weight excluding hydrogens is 369 g/mol. The van der Waals surface area contributed by atoms with Gasteiger partial charge in [0, 0.05) is 19.1 Å². The van der Waals surface area contributed by atoms with Crippen molar-refractivity contribution in [3.63, 3.8) is 0 Å². The van der Waals surface area contributed by atoms with Crippen molar-refractivity contribution in [3.8, 4) is 5.75 Å². The Morgan fingerprint density at radius 1 is 1.38 bits per heavy atom. The average molecular weight is 389 g/mol. The molecule has 2 atom stereocenters. The molecule has 2 aliphatic heterocycles. The van der Waals surface area contributed by atoms with E-state index in [1.807, 2.05) is 0 Å². The molecule has 26 heavy (non-hydrogen) atoms. The Hall–Kier alpha value is -1.75. The van der Waals surface area contributed by atoms with Crippen LogP contribution in [0.25, 0.3) is 0 Å². The molecule has 0 amide bonds. The van der Waals surface area contributed by atoms with Gasteiger partial charge in [-0.1, -0.05) is 0 Å². The zero-order valence-corrected chi connectivity index (χ0v) is 14.8. The summed E-state index contributed by atoms with van der Waals surface area (Å²) >= 11 is 0. The smallest absolute Gasteiger partial charge is 0.334 e. The maximum absolute atomic E-state index is 14.3. The largest absolute Gasteiger partial charge is 0.490 e. The second-order valence-corrected chi connectivity index (χ2v) is 8.13. The van der Waals surface area contributed by atoms with Gasteiger partial charge in [0.15, 0.2) is 17.7 Å². The molecule has 1 aromatic rings. The number of sulfonamides is 1. The molecule has 0 spiro atoms. The van der Waals surface area contributed by atoms with Crippen LogP contribution in [0.15, 0.2) is 23.1 Å². The van der Waals surface area contributed by atoms with Crippen LogP contribution in [0.2, 0.25) is 0 Å². The Morgan fingerprint density at radius 3 is 2.85 bits per heavy atom. The van der Waals surface area contributed by atoms with E-state index in [0.717, 1.165) is 16.8 Å². The second-order valence-electron chi connectivity index (χ2n) is 6.19. The Kier molecular flexibility index (Phi) is 5.76. The van der Waals surface area contributed by atoms with Crippen molar-refractivity contribution < 1.29 is 36.9 Å². The van der Waals surface area contributed by atoms with Crippen LogP contribution < -0.4 is 4.74 Å². The number of carbonyl (C=O) groups is 1. The van der Waals surface area contributed by atoms with Gasteiger partial charge in [0.25, 0.3) is 0 Å². The van der Waals surface area contributed by atoms with E-state index in [9.17, 15) is 17.6 Å². The number of nitrogens with zero attached hydrogens (tertiary/aromatic N) is 1. The average Bonchev–Trinajstić information content (AvgIpc) is 3.14. The molecule has 10 heteroatoms. The quantitative estimate of drug-likeness (QED) is 0.765. The first-order valence-corrected chi connectivity index (χ1v) is 9.66. The summed E-state index contributed by atoms with van der Waals surface area (Å²) in [4.78, 5) is 10.8. The fraction of sp³-hybridized carbons (Fsp3) is 0.562. The highest BCUT2D eigenvalue weighted by molar-refractivity contribution is 7.89. The lowest BCUT2D eigenvalue weighted by atomic mass is 10.1. The van der Waals surface area contributed by atoms with Crippen LogP contribution in [0.5, 0.6) is 5.75 Å². The maximum atomic E-state index is 14.3. The van der Waals surface area contributed by atoms with Crippen LogP contribution in [0, 0.1) is 11.7 Å². The highest BCUT2D eigenvalue weighted by Crippen LogP contribution is 2.25. The standard InChI is InChI=1S/C16H20FNO7S/c17-13-7-12(1-2-14(13)25-10-11-3-5-23-9-11)26(21,22)18-4-6-24-15(8-18)16(19)20/h1-2,7,11,15H,3-6,8-10H2,(H,19,20). The Morgan fingerprint density at radius 2 is 2.19 bits per heavy atom. The predicted octanol–water partition coefficient (Wildman–Crippen LogP) is 0.715. The first-order chi connectivity index (χ1) is 12.4. The van der Waals surface area contributed by atoms with Gasteiger partial charge in [-0.2, -0.15) is 4.31 Å². The number of morpholine rings is 1. The van der Waals surface area contributed by atoms with Crippen LogP contribution in [0.4, 0.5) is 4.39 Å². The van der Waals surface area contributed by atoms with Gasteiger partial charge in [-0.3, -0.25) is 0 Å². The van der Waals surface area contributed by atoms with Crippen molar-refractivity contribution >= 4 is 16.0 Å². The maximum Gasteiger partial charge on any atom is 0.334 e. The van der Waals surface area contributed by atoms with Crippen molar-refractivity contribution in [1.29, 1.82) is 0 Å². The van der Waals surface area contributed by atoms with Crippen LogP contribution in [0.3, 0.4) is 0 Å². The summed E-state index contributed by atoms with van der Waals surface area (Å²) in [6.07, 6.45) is -0.393. The highest BCUT2D eigenvalue weighted by atomic mass is 32.2. The summed E-state index contributed by atoms with van der Waals surface area (Å²) in [6, 6.07) is 3.42. The van der Waals surface area contributed by atoms with Crippen molar-refractivity contribution in [1.82, 2.24) is 4.31 Å². The molecule has 1 aromatic carbocycles. The van der Waals surface area contributed by atoms with E-state index >= 15 is 0 Å². The monoisotopic (exact) mass is 389 g/mol. The minimum atomic E-state index is -4.02. The Balaban J connectivity index is 1.71. The van der Waals surface area contributed by atoms with Crippen LogP contribution in [-0.4, -0.2) is 69.4 Å². The van der Waals surface area contributed by atoms with Crippen molar-refractivity contribution in [2.45, 2.75) is 17.4 Å². The third kappa shape index (κ3) is 4.14. The number of carboxylic acid groups (broad SMARTS) is 1. The van der Waals surface area contributed by atoms with Crippen molar-refractivity contribution in [3.05, 3.63) is 24.0 Å². The van der Waals surface area contributed by atoms with E-state index in [1.165, 1.54) is 12.1 Å². The molecule has 0 radical (unpaired) electrons. The van der Waals surface area contributed by atoms with Crippen LogP contribution in [-0.2, 0) is 24.3 Å². The number of hydrogen-bond donors (Lipinski definition) is 1. The Labute approximate surface area is 150 Å². The Bertz CT molecular complexity index is 764. The van der Waals surface area contributed by atoms with E-state index in [4.69, 9.17) is 19.3 Å². The fourth-order valence-corrected chi connectivity index (χ4v) is 4.26. The zero-order valence-electron chi connectivity index (χ0n) is 14.0. The molecular formula is C16H20FNO7S. The van der Waals surface area contributed by atoms with Gasteiger partial charge in [0.2, 0.25) is 10.0 Å². The summed E-state index contributed by atoms with van der Waals surface area (Å²) < 4.78 is 56.2. The second kappa shape index (κ2) is 7.87. The molecule has 3 rings (SSSR count). The first kappa shape index (κ1) is 19.0. The normalized spacial score (nSPS) is 24.5. The third-order valence-corrected chi connectivity index (χ3v) is 6.21. The zero-order chi connectivity index (χ0) is 18.7. The lowest BCUT2D eigenvalue weighted by Crippen LogP contribution is -2.48. The summed E-state index contributed by atoms with van der Waals surface area (Å²) in [5.41, 5.74) is 0. The van der Waals surface area contributed by atoms with Gasteiger partial charge in [-0.25, -0.2) is 17.6 Å². The molecule has 0 bridgehead atoms. The molecule has 0 aliphatic carbocycles. The first-order valence-electron chi connectivity index (χ1n) is 8.22. The molecule has 8 nitrogen and oxygen atoms in total. The third-order valence-electron chi connectivity index (χ3n) is 4.34. The van der Waals surface area contributed by atoms with Crippen LogP contribution in [0.1, 0.15) is 6.42 Å². The van der Waals surface area contributed by atoms with Crippen LogP contribution >= 0.6 is 0 Å². The number of ether oxygens (including phenoxy) is 3. The highest BCUT2D eigenvalue weighted by Gasteiger charge is 2.34. The summed E-state index contributed by atoms with van der Waals surface area (Å²) in [5.74, 6) is -1.86. The van der Waals surface area contributed by atoms with Gasteiger partial charge in [-0.15, -0.1) is 0 Å². The van der Waals surface area contributed by atoms with Gasteiger partial charge in [-0.05, 0) is 24.6 Å². The fourth-order valence-electron chi connectivity index (χ4n) is 2.82. The van der Waals surface area contributed by atoms with E-state index in [2.05, 4.69) is 0 Å². The van der Waals surface area contributed by atoms with Gasteiger partial charge < -0.3 is 19.3 Å². The molecule has 2 fully saturated rings. The SMILES string of the molecule is O=C(O)C1CN(S(=O)(=O)c2ccc(OCC3CCOC3)c(F)c2)CCO1. The summed E-state index contributed by atoms with van der Waals surface area (Å²) in [6.45, 7) is 1.17.